The summed E-state index contributed by atoms with van der Waals surface area (Å²) in [5.41, 5.74) is 2.59. The average molecular weight is 289 g/mol. The van der Waals surface area contributed by atoms with Crippen molar-refractivity contribution in [1.82, 2.24) is 5.32 Å². The van der Waals surface area contributed by atoms with Gasteiger partial charge in [-0.15, -0.1) is 0 Å². The van der Waals surface area contributed by atoms with Crippen LogP contribution in [0.15, 0.2) is 18.2 Å². The van der Waals surface area contributed by atoms with Gasteiger partial charge in [-0.25, -0.2) is 0 Å². The van der Waals surface area contributed by atoms with E-state index in [-0.39, 0.29) is 6.10 Å². The standard InChI is InChI=1S/C19H31NO/c1-12(2)16-8-7-14(4)18(11-16)21-19-15(5)9-13(3)10-17(19)20-6/h7-8,11-13,15,17,19-20H,9-10H2,1-6H3. The van der Waals surface area contributed by atoms with E-state index in [0.717, 1.165) is 11.7 Å². The summed E-state index contributed by atoms with van der Waals surface area (Å²) in [6, 6.07) is 7.09. The van der Waals surface area contributed by atoms with E-state index in [1.54, 1.807) is 0 Å². The predicted octanol–water partition coefficient (Wildman–Crippen LogP) is 4.52. The number of hydrogen-bond donors (Lipinski definition) is 1. The van der Waals surface area contributed by atoms with Crippen molar-refractivity contribution in [1.29, 1.82) is 0 Å². The Morgan fingerprint density at radius 1 is 1.19 bits per heavy atom. The van der Waals surface area contributed by atoms with Crippen molar-refractivity contribution in [3.05, 3.63) is 29.3 Å². The van der Waals surface area contributed by atoms with Gasteiger partial charge in [0.15, 0.2) is 0 Å². The van der Waals surface area contributed by atoms with E-state index in [4.69, 9.17) is 4.74 Å². The van der Waals surface area contributed by atoms with Crippen molar-refractivity contribution in [3.63, 3.8) is 0 Å². The van der Waals surface area contributed by atoms with E-state index >= 15 is 0 Å². The molecule has 0 heterocycles. The molecule has 1 fully saturated rings. The van der Waals surface area contributed by atoms with Gasteiger partial charge in [-0.2, -0.15) is 0 Å². The van der Waals surface area contributed by atoms with E-state index < -0.39 is 0 Å². The van der Waals surface area contributed by atoms with Crippen molar-refractivity contribution >= 4 is 0 Å². The van der Waals surface area contributed by atoms with Crippen molar-refractivity contribution in [3.8, 4) is 5.75 Å². The lowest BCUT2D eigenvalue weighted by Gasteiger charge is -2.39. The second-order valence-electron chi connectivity index (χ2n) is 7.21. The number of rotatable bonds is 4. The fourth-order valence-electron chi connectivity index (χ4n) is 3.56. The van der Waals surface area contributed by atoms with Crippen LogP contribution in [0, 0.1) is 18.8 Å². The molecule has 1 N–H and O–H groups in total. The second kappa shape index (κ2) is 6.83. The third-order valence-corrected chi connectivity index (χ3v) is 4.90. The maximum atomic E-state index is 6.48. The molecule has 2 rings (SSSR count). The summed E-state index contributed by atoms with van der Waals surface area (Å²) in [7, 11) is 2.06. The summed E-state index contributed by atoms with van der Waals surface area (Å²) in [6.45, 7) is 11.3. The van der Waals surface area contributed by atoms with Gasteiger partial charge in [0, 0.05) is 6.04 Å². The molecule has 0 amide bonds. The van der Waals surface area contributed by atoms with Gasteiger partial charge >= 0.3 is 0 Å². The van der Waals surface area contributed by atoms with Crippen LogP contribution < -0.4 is 10.1 Å². The molecule has 0 aromatic heterocycles. The molecule has 4 atom stereocenters. The molecule has 1 aromatic rings. The predicted molar refractivity (Wildman–Crippen MR) is 90.1 cm³/mol. The van der Waals surface area contributed by atoms with Gasteiger partial charge in [0.2, 0.25) is 0 Å². The quantitative estimate of drug-likeness (QED) is 0.880. The molecule has 0 bridgehead atoms. The first kappa shape index (κ1) is 16.4. The summed E-state index contributed by atoms with van der Waals surface area (Å²) in [6.07, 6.45) is 2.73. The molecule has 1 saturated carbocycles. The Morgan fingerprint density at radius 3 is 2.52 bits per heavy atom. The first-order chi connectivity index (χ1) is 9.92. The van der Waals surface area contributed by atoms with E-state index in [1.807, 2.05) is 0 Å². The highest BCUT2D eigenvalue weighted by Crippen LogP contribution is 2.34. The van der Waals surface area contributed by atoms with Crippen LogP contribution in [0.25, 0.3) is 0 Å². The number of benzene rings is 1. The lowest BCUT2D eigenvalue weighted by Crippen LogP contribution is -2.49. The molecule has 1 aromatic carbocycles. The van der Waals surface area contributed by atoms with Crippen LogP contribution in [0.1, 0.15) is 57.6 Å². The molecule has 0 radical (unpaired) electrons. The third-order valence-electron chi connectivity index (χ3n) is 4.90. The first-order valence-electron chi connectivity index (χ1n) is 8.36. The summed E-state index contributed by atoms with van der Waals surface area (Å²) in [5.74, 6) is 2.97. The monoisotopic (exact) mass is 289 g/mol. The lowest BCUT2D eigenvalue weighted by atomic mass is 9.78. The minimum Gasteiger partial charge on any atom is -0.488 e. The number of aryl methyl sites for hydroxylation is 1. The van der Waals surface area contributed by atoms with Gasteiger partial charge in [0.05, 0.1) is 0 Å². The van der Waals surface area contributed by atoms with Crippen LogP contribution in [0.4, 0.5) is 0 Å². The molecule has 1 aliphatic carbocycles. The van der Waals surface area contributed by atoms with Gasteiger partial charge in [-0.05, 0) is 61.8 Å². The van der Waals surface area contributed by atoms with Crippen LogP contribution in [0.2, 0.25) is 0 Å². The zero-order valence-corrected chi connectivity index (χ0v) is 14.4. The summed E-state index contributed by atoms with van der Waals surface area (Å²) < 4.78 is 6.48. The zero-order chi connectivity index (χ0) is 15.6. The van der Waals surface area contributed by atoms with Gasteiger partial charge in [-0.3, -0.25) is 0 Å². The van der Waals surface area contributed by atoms with Crippen LogP contribution in [0.3, 0.4) is 0 Å². The molecular formula is C19H31NO. The van der Waals surface area contributed by atoms with Gasteiger partial charge < -0.3 is 10.1 Å². The molecule has 1 aliphatic rings. The van der Waals surface area contributed by atoms with Gasteiger partial charge in [0.1, 0.15) is 11.9 Å². The van der Waals surface area contributed by atoms with Crippen molar-refractivity contribution in [2.24, 2.45) is 11.8 Å². The highest BCUT2D eigenvalue weighted by Gasteiger charge is 2.35. The van der Waals surface area contributed by atoms with Crippen molar-refractivity contribution < 1.29 is 4.74 Å². The molecule has 118 valence electrons. The number of ether oxygens (including phenoxy) is 1. The van der Waals surface area contributed by atoms with E-state index in [2.05, 4.69) is 65.2 Å². The number of nitrogens with one attached hydrogen (secondary N) is 1. The fraction of sp³-hybridized carbons (Fsp3) is 0.684. The molecular weight excluding hydrogens is 258 g/mol. The molecule has 2 heteroatoms. The lowest BCUT2D eigenvalue weighted by molar-refractivity contribution is 0.0501. The Balaban J connectivity index is 2.21. The average Bonchev–Trinajstić information content (AvgIpc) is 2.43. The van der Waals surface area contributed by atoms with Gasteiger partial charge in [-0.1, -0.05) is 39.8 Å². The van der Waals surface area contributed by atoms with Crippen LogP contribution in [-0.2, 0) is 0 Å². The molecule has 4 unspecified atom stereocenters. The van der Waals surface area contributed by atoms with E-state index in [9.17, 15) is 0 Å². The topological polar surface area (TPSA) is 21.3 Å². The number of hydrogen-bond acceptors (Lipinski definition) is 2. The molecule has 2 nitrogen and oxygen atoms in total. The van der Waals surface area contributed by atoms with Crippen LogP contribution >= 0.6 is 0 Å². The third kappa shape index (κ3) is 3.79. The highest BCUT2D eigenvalue weighted by atomic mass is 16.5. The Labute approximate surface area is 130 Å². The largest absolute Gasteiger partial charge is 0.488 e. The molecule has 0 spiro atoms. The summed E-state index contributed by atoms with van der Waals surface area (Å²) >= 11 is 0. The van der Waals surface area contributed by atoms with Gasteiger partial charge in [0.25, 0.3) is 0 Å². The zero-order valence-electron chi connectivity index (χ0n) is 14.4. The van der Waals surface area contributed by atoms with Crippen molar-refractivity contribution in [2.45, 2.75) is 65.5 Å². The minimum absolute atomic E-state index is 0.271. The SMILES string of the molecule is CNC1CC(C)CC(C)C1Oc1cc(C(C)C)ccc1C. The number of likely N-dealkylation sites (N-methyl/N-ethyl adjacent to an activating group) is 1. The van der Waals surface area contributed by atoms with Crippen LogP contribution in [-0.4, -0.2) is 19.2 Å². The first-order valence-corrected chi connectivity index (χ1v) is 8.36. The Hall–Kier alpha value is -1.02. The normalized spacial score (nSPS) is 29.7. The molecule has 0 saturated heterocycles. The summed E-state index contributed by atoms with van der Waals surface area (Å²) in [4.78, 5) is 0. The van der Waals surface area contributed by atoms with E-state index in [1.165, 1.54) is 24.0 Å². The van der Waals surface area contributed by atoms with Crippen molar-refractivity contribution in [2.75, 3.05) is 7.05 Å². The Morgan fingerprint density at radius 2 is 1.90 bits per heavy atom. The minimum atomic E-state index is 0.271. The summed E-state index contributed by atoms with van der Waals surface area (Å²) in [5, 5.41) is 3.47. The van der Waals surface area contributed by atoms with Crippen LogP contribution in [0.5, 0.6) is 5.75 Å². The molecule has 21 heavy (non-hydrogen) atoms. The molecule has 0 aliphatic heterocycles. The maximum absolute atomic E-state index is 6.48. The highest BCUT2D eigenvalue weighted by molar-refractivity contribution is 5.38. The Bertz CT molecular complexity index is 469. The smallest absolute Gasteiger partial charge is 0.123 e. The second-order valence-corrected chi connectivity index (χ2v) is 7.21. The fourth-order valence-corrected chi connectivity index (χ4v) is 3.56. The maximum Gasteiger partial charge on any atom is 0.123 e. The Kier molecular flexibility index (Phi) is 5.32. The van der Waals surface area contributed by atoms with E-state index in [0.29, 0.717) is 17.9 Å².